The molecule has 2 aromatic rings. The van der Waals surface area contributed by atoms with E-state index in [0.29, 0.717) is 28.3 Å². The molecular weight excluding hydrogens is 284 g/mol. The van der Waals surface area contributed by atoms with Crippen molar-refractivity contribution < 1.29 is 18.7 Å². The molecule has 0 unspecified atom stereocenters. The van der Waals surface area contributed by atoms with Crippen molar-refractivity contribution in [1.82, 2.24) is 4.90 Å². The monoisotopic (exact) mass is 302 g/mol. The lowest BCUT2D eigenvalue weighted by molar-refractivity contribution is 0.0598. The normalized spacial score (nSPS) is 10.3. The van der Waals surface area contributed by atoms with Gasteiger partial charge in [0.05, 0.1) is 13.7 Å². The molecule has 0 spiro atoms. The van der Waals surface area contributed by atoms with E-state index in [2.05, 4.69) is 4.74 Å². The Hall–Kier alpha value is -2.76. The van der Waals surface area contributed by atoms with E-state index in [1.54, 1.807) is 44.3 Å². The van der Waals surface area contributed by atoms with E-state index >= 15 is 0 Å². The van der Waals surface area contributed by atoms with E-state index in [1.807, 2.05) is 0 Å². The number of nitrogens with two attached hydrogens (primary N) is 1. The van der Waals surface area contributed by atoms with Crippen LogP contribution in [-0.4, -0.2) is 30.9 Å². The molecule has 1 aromatic carbocycles. The predicted molar refractivity (Wildman–Crippen MR) is 81.4 cm³/mol. The van der Waals surface area contributed by atoms with Gasteiger partial charge in [0.2, 0.25) is 0 Å². The van der Waals surface area contributed by atoms with E-state index in [1.165, 1.54) is 12.0 Å². The van der Waals surface area contributed by atoms with Crippen LogP contribution in [0.4, 0.5) is 5.69 Å². The molecule has 1 heterocycles. The molecule has 0 radical (unpaired) electrons. The highest BCUT2D eigenvalue weighted by Crippen LogP contribution is 2.18. The largest absolute Gasteiger partial charge is 0.465 e. The molecule has 0 saturated heterocycles. The van der Waals surface area contributed by atoms with Crippen LogP contribution in [0.3, 0.4) is 0 Å². The Labute approximate surface area is 128 Å². The molecule has 1 amide bonds. The first-order valence-electron chi connectivity index (χ1n) is 6.71. The molecule has 116 valence electrons. The second-order valence-electron chi connectivity index (χ2n) is 4.96. The van der Waals surface area contributed by atoms with Gasteiger partial charge in [-0.15, -0.1) is 0 Å². The van der Waals surface area contributed by atoms with Gasteiger partial charge < -0.3 is 19.8 Å². The lowest BCUT2D eigenvalue weighted by atomic mass is 10.2. The van der Waals surface area contributed by atoms with Crippen molar-refractivity contribution in [3.63, 3.8) is 0 Å². The zero-order valence-corrected chi connectivity index (χ0v) is 12.8. The number of anilines is 1. The molecule has 0 bridgehead atoms. The number of furan rings is 1. The van der Waals surface area contributed by atoms with E-state index in [4.69, 9.17) is 10.2 Å². The zero-order valence-electron chi connectivity index (χ0n) is 12.8. The first-order valence-corrected chi connectivity index (χ1v) is 6.71. The van der Waals surface area contributed by atoms with Gasteiger partial charge in [-0.2, -0.15) is 0 Å². The van der Waals surface area contributed by atoms with Crippen molar-refractivity contribution in [3.8, 4) is 0 Å². The van der Waals surface area contributed by atoms with Crippen LogP contribution < -0.4 is 5.73 Å². The number of hydrogen-bond donors (Lipinski definition) is 1. The molecule has 1 aromatic heterocycles. The molecular formula is C16H18N2O4. The quantitative estimate of drug-likeness (QED) is 0.691. The van der Waals surface area contributed by atoms with Crippen LogP contribution in [0.1, 0.15) is 32.2 Å². The molecule has 6 nitrogen and oxygen atoms in total. The minimum atomic E-state index is -0.458. The van der Waals surface area contributed by atoms with Gasteiger partial charge in [-0.1, -0.05) is 0 Å². The fourth-order valence-corrected chi connectivity index (χ4v) is 2.09. The number of nitrogen functional groups attached to an aromatic ring is 1. The Balaban J connectivity index is 2.11. The zero-order chi connectivity index (χ0) is 16.3. The molecule has 0 aliphatic heterocycles. The highest BCUT2D eigenvalue weighted by Gasteiger charge is 2.18. The van der Waals surface area contributed by atoms with Crippen molar-refractivity contribution in [2.24, 2.45) is 0 Å². The van der Waals surface area contributed by atoms with E-state index < -0.39 is 5.97 Å². The number of esters is 1. The summed E-state index contributed by atoms with van der Waals surface area (Å²) in [4.78, 5) is 25.3. The average molecular weight is 302 g/mol. The average Bonchev–Trinajstić information content (AvgIpc) is 2.87. The third-order valence-corrected chi connectivity index (χ3v) is 3.27. The minimum absolute atomic E-state index is 0.159. The highest BCUT2D eigenvalue weighted by molar-refractivity contribution is 5.94. The van der Waals surface area contributed by atoms with Crippen molar-refractivity contribution in [3.05, 3.63) is 53.0 Å². The Kier molecular flexibility index (Phi) is 4.50. The summed E-state index contributed by atoms with van der Waals surface area (Å²) in [5.41, 5.74) is 7.11. The minimum Gasteiger partial charge on any atom is -0.465 e. The maximum absolute atomic E-state index is 12.3. The van der Waals surface area contributed by atoms with Gasteiger partial charge in [-0.3, -0.25) is 4.79 Å². The van der Waals surface area contributed by atoms with Crippen LogP contribution in [0.5, 0.6) is 0 Å². The van der Waals surface area contributed by atoms with Crippen LogP contribution in [0, 0.1) is 6.92 Å². The van der Waals surface area contributed by atoms with Crippen molar-refractivity contribution in [2.75, 3.05) is 19.9 Å². The number of methoxy groups -OCH3 is 1. The molecule has 6 heteroatoms. The maximum Gasteiger partial charge on any atom is 0.341 e. The third kappa shape index (κ3) is 3.28. The number of carbonyl (C=O) groups excluding carboxylic acids is 2. The topological polar surface area (TPSA) is 85.8 Å². The Bertz CT molecular complexity index is 689. The summed E-state index contributed by atoms with van der Waals surface area (Å²) in [5, 5.41) is 0. The van der Waals surface area contributed by atoms with Gasteiger partial charge in [-0.05, 0) is 37.3 Å². The van der Waals surface area contributed by atoms with Gasteiger partial charge >= 0.3 is 5.97 Å². The fraction of sp³-hybridized carbons (Fsp3) is 0.250. The smallest absolute Gasteiger partial charge is 0.341 e. The van der Waals surface area contributed by atoms with Crippen molar-refractivity contribution >= 4 is 17.6 Å². The van der Waals surface area contributed by atoms with Crippen LogP contribution in [0.25, 0.3) is 0 Å². The van der Waals surface area contributed by atoms with Crippen LogP contribution >= 0.6 is 0 Å². The van der Waals surface area contributed by atoms with Crippen molar-refractivity contribution in [2.45, 2.75) is 13.5 Å². The van der Waals surface area contributed by atoms with E-state index in [-0.39, 0.29) is 12.5 Å². The standard InChI is InChI=1S/C16H18N2O4/c1-10-14(16(20)21-3)8-13(22-10)9-18(2)15(19)11-4-6-12(17)7-5-11/h4-8H,9,17H2,1-3H3. The van der Waals surface area contributed by atoms with Crippen LogP contribution in [0.15, 0.2) is 34.7 Å². The number of rotatable bonds is 4. The third-order valence-electron chi connectivity index (χ3n) is 3.27. The highest BCUT2D eigenvalue weighted by atomic mass is 16.5. The number of carbonyl (C=O) groups is 2. The first-order chi connectivity index (χ1) is 10.4. The molecule has 0 aliphatic rings. The Morgan fingerprint density at radius 3 is 2.50 bits per heavy atom. The fourth-order valence-electron chi connectivity index (χ4n) is 2.09. The molecule has 22 heavy (non-hydrogen) atoms. The first kappa shape index (κ1) is 15.6. The summed E-state index contributed by atoms with van der Waals surface area (Å²) in [6, 6.07) is 8.28. The summed E-state index contributed by atoms with van der Waals surface area (Å²) >= 11 is 0. The second kappa shape index (κ2) is 6.34. The predicted octanol–water partition coefficient (Wildman–Crippen LogP) is 2.23. The Morgan fingerprint density at radius 2 is 1.91 bits per heavy atom. The number of nitrogens with zero attached hydrogens (tertiary/aromatic N) is 1. The number of hydrogen-bond acceptors (Lipinski definition) is 5. The molecule has 0 atom stereocenters. The molecule has 0 saturated carbocycles. The summed E-state index contributed by atoms with van der Waals surface area (Å²) in [6.07, 6.45) is 0. The molecule has 2 N–H and O–H groups in total. The number of aryl methyl sites for hydroxylation is 1. The lowest BCUT2D eigenvalue weighted by Gasteiger charge is -2.15. The molecule has 2 rings (SSSR count). The SMILES string of the molecule is COC(=O)c1cc(CN(C)C(=O)c2ccc(N)cc2)oc1C. The summed E-state index contributed by atoms with van der Waals surface area (Å²) in [5.74, 6) is 0.369. The van der Waals surface area contributed by atoms with Gasteiger partial charge in [-0.25, -0.2) is 4.79 Å². The summed E-state index contributed by atoms with van der Waals surface area (Å²) in [7, 11) is 2.97. The van der Waals surface area contributed by atoms with E-state index in [0.717, 1.165) is 0 Å². The molecule has 0 fully saturated rings. The van der Waals surface area contributed by atoms with Gasteiger partial charge in [0.15, 0.2) is 0 Å². The van der Waals surface area contributed by atoms with Crippen LogP contribution in [0.2, 0.25) is 0 Å². The number of ether oxygens (including phenoxy) is 1. The Morgan fingerprint density at radius 1 is 1.27 bits per heavy atom. The van der Waals surface area contributed by atoms with Crippen molar-refractivity contribution in [1.29, 1.82) is 0 Å². The van der Waals surface area contributed by atoms with Gasteiger partial charge in [0.1, 0.15) is 17.1 Å². The second-order valence-corrected chi connectivity index (χ2v) is 4.96. The molecule has 0 aliphatic carbocycles. The number of amides is 1. The van der Waals surface area contributed by atoms with Crippen LogP contribution in [-0.2, 0) is 11.3 Å². The lowest BCUT2D eigenvalue weighted by Crippen LogP contribution is -2.25. The number of benzene rings is 1. The van der Waals surface area contributed by atoms with Gasteiger partial charge in [0, 0.05) is 18.3 Å². The van der Waals surface area contributed by atoms with E-state index in [9.17, 15) is 9.59 Å². The van der Waals surface area contributed by atoms with Gasteiger partial charge in [0.25, 0.3) is 5.91 Å². The maximum atomic E-state index is 12.3. The summed E-state index contributed by atoms with van der Waals surface area (Å²) < 4.78 is 10.2. The summed E-state index contributed by atoms with van der Waals surface area (Å²) in [6.45, 7) is 1.93.